The number of benzene rings is 1. The molecule has 19 heavy (non-hydrogen) atoms. The van der Waals surface area contributed by atoms with Crippen LogP contribution < -0.4 is 4.74 Å². The van der Waals surface area contributed by atoms with Crippen LogP contribution in [0.25, 0.3) is 11.4 Å². The van der Waals surface area contributed by atoms with Crippen LogP contribution in [0.3, 0.4) is 0 Å². The molecule has 0 amide bonds. The van der Waals surface area contributed by atoms with Crippen LogP contribution in [0.2, 0.25) is 5.15 Å². The maximum atomic E-state index is 6.12. The molecule has 0 N–H and O–H groups in total. The van der Waals surface area contributed by atoms with E-state index in [1.54, 1.807) is 14.2 Å². The van der Waals surface area contributed by atoms with Crippen molar-refractivity contribution < 1.29 is 9.47 Å². The van der Waals surface area contributed by atoms with Crippen molar-refractivity contribution >= 4 is 34.2 Å². The van der Waals surface area contributed by atoms with Gasteiger partial charge >= 0.3 is 0 Å². The Morgan fingerprint density at radius 2 is 1.84 bits per heavy atom. The van der Waals surface area contributed by atoms with Gasteiger partial charge < -0.3 is 9.47 Å². The quantitative estimate of drug-likeness (QED) is 0.591. The van der Waals surface area contributed by atoms with Crippen molar-refractivity contribution in [3.8, 4) is 17.1 Å². The summed E-state index contributed by atoms with van der Waals surface area (Å²) in [5.41, 5.74) is 1.67. The highest BCUT2D eigenvalue weighted by Crippen LogP contribution is 2.25. The second-order valence-corrected chi connectivity index (χ2v) is 5.20. The summed E-state index contributed by atoms with van der Waals surface area (Å²) in [5.74, 6) is 1.37. The highest BCUT2D eigenvalue weighted by molar-refractivity contribution is 14.1. The molecular formula is C13H12ClIN2O2. The minimum Gasteiger partial charge on any atom is -0.497 e. The van der Waals surface area contributed by atoms with Crippen molar-refractivity contribution in [2.75, 3.05) is 14.2 Å². The van der Waals surface area contributed by atoms with Crippen LogP contribution in [-0.4, -0.2) is 24.2 Å². The van der Waals surface area contributed by atoms with Crippen molar-refractivity contribution in [1.29, 1.82) is 0 Å². The first-order valence-electron chi connectivity index (χ1n) is 5.51. The summed E-state index contributed by atoms with van der Waals surface area (Å²) in [7, 11) is 3.25. The molecule has 1 aromatic heterocycles. The molecule has 0 fully saturated rings. The number of nitrogens with zero attached hydrogens (tertiary/aromatic N) is 2. The lowest BCUT2D eigenvalue weighted by Gasteiger charge is -2.08. The SMILES string of the molecule is COCc1nc(-c2ccc(OC)cc2)nc(Cl)c1I. The highest BCUT2D eigenvalue weighted by Gasteiger charge is 2.12. The number of hydrogen-bond donors (Lipinski definition) is 0. The number of ether oxygens (including phenoxy) is 2. The van der Waals surface area contributed by atoms with Gasteiger partial charge in [-0.1, -0.05) is 11.6 Å². The summed E-state index contributed by atoms with van der Waals surface area (Å²) in [5, 5.41) is 0.438. The van der Waals surface area contributed by atoms with E-state index in [4.69, 9.17) is 21.1 Å². The predicted molar refractivity (Wildman–Crippen MR) is 82.5 cm³/mol. The Morgan fingerprint density at radius 1 is 1.16 bits per heavy atom. The van der Waals surface area contributed by atoms with Crippen LogP contribution in [0.4, 0.5) is 0 Å². The highest BCUT2D eigenvalue weighted by atomic mass is 127. The number of rotatable bonds is 4. The molecule has 1 heterocycles. The molecule has 6 heteroatoms. The van der Waals surface area contributed by atoms with Gasteiger partial charge in [-0.15, -0.1) is 0 Å². The lowest BCUT2D eigenvalue weighted by atomic mass is 10.2. The molecule has 0 bridgehead atoms. The fourth-order valence-corrected chi connectivity index (χ4v) is 2.15. The monoisotopic (exact) mass is 390 g/mol. The van der Waals surface area contributed by atoms with E-state index in [2.05, 4.69) is 32.6 Å². The number of methoxy groups -OCH3 is 2. The Labute approximate surface area is 130 Å². The van der Waals surface area contributed by atoms with E-state index in [-0.39, 0.29) is 0 Å². The molecule has 0 aliphatic heterocycles. The van der Waals surface area contributed by atoms with Crippen molar-refractivity contribution in [3.05, 3.63) is 38.7 Å². The number of aromatic nitrogens is 2. The molecule has 0 radical (unpaired) electrons. The minimum atomic E-state index is 0.406. The Morgan fingerprint density at radius 3 is 2.42 bits per heavy atom. The van der Waals surface area contributed by atoms with Crippen molar-refractivity contribution in [3.63, 3.8) is 0 Å². The second kappa shape index (κ2) is 6.49. The number of hydrogen-bond acceptors (Lipinski definition) is 4. The Bertz CT molecular complexity index is 576. The normalized spacial score (nSPS) is 10.5. The van der Waals surface area contributed by atoms with Gasteiger partial charge in [-0.05, 0) is 46.9 Å². The fraction of sp³-hybridized carbons (Fsp3) is 0.231. The Kier molecular flexibility index (Phi) is 4.95. The van der Waals surface area contributed by atoms with E-state index in [1.807, 2.05) is 24.3 Å². The van der Waals surface area contributed by atoms with E-state index in [0.29, 0.717) is 17.6 Å². The standard InChI is InChI=1S/C13H12ClIN2O2/c1-18-7-10-11(15)12(14)17-13(16-10)8-3-5-9(19-2)6-4-8/h3-6H,7H2,1-2H3. The number of halogens is 2. The van der Waals surface area contributed by atoms with E-state index in [1.165, 1.54) is 0 Å². The smallest absolute Gasteiger partial charge is 0.161 e. The zero-order valence-corrected chi connectivity index (χ0v) is 13.4. The van der Waals surface area contributed by atoms with Gasteiger partial charge in [0.2, 0.25) is 0 Å². The summed E-state index contributed by atoms with van der Waals surface area (Å²) in [6, 6.07) is 7.52. The van der Waals surface area contributed by atoms with Crippen LogP contribution in [0.1, 0.15) is 5.69 Å². The van der Waals surface area contributed by atoms with Crippen molar-refractivity contribution in [1.82, 2.24) is 9.97 Å². The molecule has 0 aliphatic rings. The predicted octanol–water partition coefficient (Wildman–Crippen LogP) is 3.56. The molecule has 0 unspecified atom stereocenters. The average Bonchev–Trinajstić information content (AvgIpc) is 2.44. The van der Waals surface area contributed by atoms with Gasteiger partial charge in [0.05, 0.1) is 23.0 Å². The zero-order chi connectivity index (χ0) is 13.8. The van der Waals surface area contributed by atoms with Crippen LogP contribution >= 0.6 is 34.2 Å². The third-order valence-electron chi connectivity index (χ3n) is 2.51. The molecular weight excluding hydrogens is 379 g/mol. The molecule has 0 saturated heterocycles. The Hall–Kier alpha value is -0.920. The largest absolute Gasteiger partial charge is 0.497 e. The molecule has 100 valence electrons. The summed E-state index contributed by atoms with van der Waals surface area (Å²) in [6.07, 6.45) is 0. The molecule has 2 aromatic rings. The molecule has 2 rings (SSSR count). The lowest BCUT2D eigenvalue weighted by molar-refractivity contribution is 0.181. The van der Waals surface area contributed by atoms with Gasteiger partial charge in [-0.3, -0.25) is 0 Å². The summed E-state index contributed by atoms with van der Waals surface area (Å²) >= 11 is 8.24. The van der Waals surface area contributed by atoms with Gasteiger partial charge in [0.1, 0.15) is 10.9 Å². The van der Waals surface area contributed by atoms with Gasteiger partial charge in [0.15, 0.2) is 5.82 Å². The summed E-state index contributed by atoms with van der Waals surface area (Å²) < 4.78 is 11.1. The molecule has 0 atom stereocenters. The Balaban J connectivity index is 2.43. The topological polar surface area (TPSA) is 44.2 Å². The van der Waals surface area contributed by atoms with Crippen LogP contribution in [0.15, 0.2) is 24.3 Å². The molecule has 0 spiro atoms. The van der Waals surface area contributed by atoms with Gasteiger partial charge in [0, 0.05) is 12.7 Å². The third kappa shape index (κ3) is 3.34. The molecule has 0 saturated carbocycles. The van der Waals surface area contributed by atoms with E-state index >= 15 is 0 Å². The van der Waals surface area contributed by atoms with E-state index < -0.39 is 0 Å². The van der Waals surface area contributed by atoms with Crippen LogP contribution in [0, 0.1) is 3.57 Å². The molecule has 4 nitrogen and oxygen atoms in total. The van der Waals surface area contributed by atoms with Gasteiger partial charge in [0.25, 0.3) is 0 Å². The van der Waals surface area contributed by atoms with Gasteiger partial charge in [-0.2, -0.15) is 0 Å². The molecule has 0 aliphatic carbocycles. The summed E-state index contributed by atoms with van der Waals surface area (Å²) in [6.45, 7) is 0.406. The van der Waals surface area contributed by atoms with E-state index in [9.17, 15) is 0 Å². The maximum absolute atomic E-state index is 6.12. The maximum Gasteiger partial charge on any atom is 0.161 e. The minimum absolute atomic E-state index is 0.406. The zero-order valence-electron chi connectivity index (χ0n) is 10.5. The van der Waals surface area contributed by atoms with Gasteiger partial charge in [-0.25, -0.2) is 9.97 Å². The first-order chi connectivity index (χ1) is 9.15. The average molecular weight is 391 g/mol. The van der Waals surface area contributed by atoms with E-state index in [0.717, 1.165) is 20.6 Å². The first kappa shape index (κ1) is 14.5. The van der Waals surface area contributed by atoms with Crippen LogP contribution in [-0.2, 0) is 11.3 Å². The van der Waals surface area contributed by atoms with Crippen molar-refractivity contribution in [2.24, 2.45) is 0 Å². The first-order valence-corrected chi connectivity index (χ1v) is 6.96. The third-order valence-corrected chi connectivity index (χ3v) is 4.23. The fourth-order valence-electron chi connectivity index (χ4n) is 1.56. The molecule has 1 aromatic carbocycles. The lowest BCUT2D eigenvalue weighted by Crippen LogP contribution is -2.02. The van der Waals surface area contributed by atoms with Crippen molar-refractivity contribution in [2.45, 2.75) is 6.61 Å². The van der Waals surface area contributed by atoms with Crippen LogP contribution in [0.5, 0.6) is 5.75 Å². The second-order valence-electron chi connectivity index (χ2n) is 3.76. The summed E-state index contributed by atoms with van der Waals surface area (Å²) in [4.78, 5) is 8.77.